The van der Waals surface area contributed by atoms with Crippen molar-refractivity contribution in [1.29, 1.82) is 0 Å². The molecule has 0 saturated carbocycles. The average molecular weight is 337 g/mol. The van der Waals surface area contributed by atoms with E-state index in [0.717, 1.165) is 11.1 Å². The second-order valence-corrected chi connectivity index (χ2v) is 5.80. The summed E-state index contributed by atoms with van der Waals surface area (Å²) in [5.41, 5.74) is 8.66. The number of anilines is 1. The molecule has 3 aromatic rings. The maximum absolute atomic E-state index is 14.1. The van der Waals surface area contributed by atoms with Crippen molar-refractivity contribution in [2.75, 3.05) is 5.32 Å². The van der Waals surface area contributed by atoms with Crippen molar-refractivity contribution in [3.63, 3.8) is 0 Å². The lowest BCUT2D eigenvalue weighted by Gasteiger charge is -2.10. The largest absolute Gasteiger partial charge is 0.366 e. The van der Waals surface area contributed by atoms with Crippen molar-refractivity contribution in [3.8, 4) is 11.3 Å². The second-order valence-electron chi connectivity index (χ2n) is 5.80. The summed E-state index contributed by atoms with van der Waals surface area (Å²) in [6, 6.07) is 11.5. The third kappa shape index (κ3) is 3.33. The summed E-state index contributed by atoms with van der Waals surface area (Å²) < 4.78 is 14.1. The Morgan fingerprint density at radius 1 is 1.12 bits per heavy atom. The topological polar surface area (TPSA) is 85.1 Å². The number of hydrogen-bond acceptors (Lipinski definition) is 3. The summed E-state index contributed by atoms with van der Waals surface area (Å²) in [7, 11) is 0. The predicted molar refractivity (Wildman–Crippen MR) is 94.7 cm³/mol. The van der Waals surface area contributed by atoms with E-state index < -0.39 is 11.7 Å². The van der Waals surface area contributed by atoms with Gasteiger partial charge in [0.05, 0.1) is 16.9 Å². The van der Waals surface area contributed by atoms with Crippen LogP contribution in [0, 0.1) is 12.7 Å². The number of hydrogen-bond donors (Lipinski definition) is 2. The summed E-state index contributed by atoms with van der Waals surface area (Å²) in [4.78, 5) is 26.9. The van der Waals surface area contributed by atoms with Crippen LogP contribution in [0.3, 0.4) is 0 Å². The van der Waals surface area contributed by atoms with E-state index in [1.54, 1.807) is 24.3 Å². The van der Waals surface area contributed by atoms with Gasteiger partial charge in [-0.1, -0.05) is 12.1 Å². The highest BCUT2D eigenvalue weighted by atomic mass is 19.1. The average Bonchev–Trinajstić information content (AvgIpc) is 2.56. The molecule has 0 radical (unpaired) electrons. The minimum atomic E-state index is -0.508. The zero-order valence-electron chi connectivity index (χ0n) is 13.8. The van der Waals surface area contributed by atoms with Gasteiger partial charge in [0, 0.05) is 23.4 Å². The molecule has 0 aliphatic heterocycles. The second kappa shape index (κ2) is 6.32. The molecular weight excluding hydrogens is 321 g/mol. The highest BCUT2D eigenvalue weighted by Gasteiger charge is 2.11. The van der Waals surface area contributed by atoms with E-state index in [0.29, 0.717) is 22.2 Å². The number of aromatic nitrogens is 1. The van der Waals surface area contributed by atoms with Gasteiger partial charge in [0.25, 0.3) is 0 Å². The molecule has 0 bridgehead atoms. The van der Waals surface area contributed by atoms with Gasteiger partial charge < -0.3 is 11.1 Å². The molecule has 2 aromatic carbocycles. The van der Waals surface area contributed by atoms with Gasteiger partial charge >= 0.3 is 0 Å². The molecule has 5 nitrogen and oxygen atoms in total. The molecule has 0 spiro atoms. The maximum atomic E-state index is 14.1. The van der Waals surface area contributed by atoms with E-state index in [1.165, 1.54) is 19.1 Å². The standard InChI is InChI=1S/C19H16FN3O2/c1-10-7-16(12-3-5-13(6-4-12)19(21)25)23-17-9-18(22-11(2)24)15(20)8-14(10)17/h3-9H,1-2H3,(H2,21,25)(H,22,24). The molecule has 0 fully saturated rings. The van der Waals surface area contributed by atoms with Gasteiger partial charge in [-0.3, -0.25) is 9.59 Å². The molecule has 1 heterocycles. The van der Waals surface area contributed by atoms with Crippen LogP contribution in [0.25, 0.3) is 22.2 Å². The molecular formula is C19H16FN3O2. The van der Waals surface area contributed by atoms with Gasteiger partial charge in [-0.05, 0) is 42.8 Å². The number of nitrogens with one attached hydrogen (secondary N) is 1. The molecule has 0 atom stereocenters. The number of nitrogens with zero attached hydrogens (tertiary/aromatic N) is 1. The molecule has 2 amide bonds. The molecule has 6 heteroatoms. The number of pyridine rings is 1. The Labute approximate surface area is 143 Å². The van der Waals surface area contributed by atoms with Crippen LogP contribution in [0.4, 0.5) is 10.1 Å². The molecule has 0 saturated heterocycles. The Balaban J connectivity index is 2.12. The number of carbonyl (C=O) groups excluding carboxylic acids is 2. The van der Waals surface area contributed by atoms with Crippen molar-refractivity contribution in [2.45, 2.75) is 13.8 Å². The van der Waals surface area contributed by atoms with Gasteiger partial charge in [0.2, 0.25) is 11.8 Å². The summed E-state index contributed by atoms with van der Waals surface area (Å²) in [5, 5.41) is 3.13. The van der Waals surface area contributed by atoms with Crippen LogP contribution >= 0.6 is 0 Å². The fourth-order valence-corrected chi connectivity index (χ4v) is 2.65. The van der Waals surface area contributed by atoms with Gasteiger partial charge in [0.1, 0.15) is 5.82 Å². The van der Waals surface area contributed by atoms with Crippen LogP contribution in [0.2, 0.25) is 0 Å². The summed E-state index contributed by atoms with van der Waals surface area (Å²) in [6.45, 7) is 3.18. The minimum absolute atomic E-state index is 0.0909. The molecule has 25 heavy (non-hydrogen) atoms. The smallest absolute Gasteiger partial charge is 0.248 e. The lowest BCUT2D eigenvalue weighted by Crippen LogP contribution is -2.10. The predicted octanol–water partition coefficient (Wildman–Crippen LogP) is 3.41. The van der Waals surface area contributed by atoms with E-state index in [9.17, 15) is 14.0 Å². The molecule has 3 N–H and O–H groups in total. The van der Waals surface area contributed by atoms with Gasteiger partial charge in [0.15, 0.2) is 0 Å². The van der Waals surface area contributed by atoms with Gasteiger partial charge in [-0.2, -0.15) is 0 Å². The van der Waals surface area contributed by atoms with E-state index in [1.807, 2.05) is 13.0 Å². The molecule has 126 valence electrons. The number of halogens is 1. The summed E-state index contributed by atoms with van der Waals surface area (Å²) in [6.07, 6.45) is 0. The van der Waals surface area contributed by atoms with Crippen molar-refractivity contribution in [2.24, 2.45) is 5.73 Å². The van der Waals surface area contributed by atoms with Crippen LogP contribution in [0.5, 0.6) is 0 Å². The first-order chi connectivity index (χ1) is 11.8. The fourth-order valence-electron chi connectivity index (χ4n) is 2.65. The first kappa shape index (κ1) is 16.6. The monoisotopic (exact) mass is 337 g/mol. The number of primary amides is 1. The lowest BCUT2D eigenvalue weighted by atomic mass is 10.0. The Morgan fingerprint density at radius 2 is 1.80 bits per heavy atom. The SMILES string of the molecule is CC(=O)Nc1cc2nc(-c3ccc(C(N)=O)cc3)cc(C)c2cc1F. The van der Waals surface area contributed by atoms with Crippen molar-refractivity contribution in [3.05, 3.63) is 59.4 Å². The van der Waals surface area contributed by atoms with E-state index in [2.05, 4.69) is 10.3 Å². The fraction of sp³-hybridized carbons (Fsp3) is 0.105. The maximum Gasteiger partial charge on any atom is 0.248 e. The summed E-state index contributed by atoms with van der Waals surface area (Å²) >= 11 is 0. The quantitative estimate of drug-likeness (QED) is 0.768. The molecule has 3 rings (SSSR count). The normalized spacial score (nSPS) is 10.7. The Morgan fingerprint density at radius 3 is 2.40 bits per heavy atom. The van der Waals surface area contributed by atoms with Crippen LogP contribution < -0.4 is 11.1 Å². The third-order valence-corrected chi connectivity index (χ3v) is 3.88. The zero-order chi connectivity index (χ0) is 18.1. The lowest BCUT2D eigenvalue weighted by molar-refractivity contribution is -0.114. The first-order valence-corrected chi connectivity index (χ1v) is 7.64. The van der Waals surface area contributed by atoms with E-state index >= 15 is 0 Å². The number of nitrogens with two attached hydrogens (primary N) is 1. The Bertz CT molecular complexity index is 998. The third-order valence-electron chi connectivity index (χ3n) is 3.88. The molecule has 1 aromatic heterocycles. The highest BCUT2D eigenvalue weighted by molar-refractivity contribution is 5.95. The minimum Gasteiger partial charge on any atom is -0.366 e. The van der Waals surface area contributed by atoms with Crippen LogP contribution in [0.1, 0.15) is 22.8 Å². The number of benzene rings is 2. The van der Waals surface area contributed by atoms with Gasteiger partial charge in [-0.15, -0.1) is 0 Å². The zero-order valence-corrected chi connectivity index (χ0v) is 13.8. The molecule has 0 aliphatic rings. The number of aryl methyl sites for hydroxylation is 1. The van der Waals surface area contributed by atoms with Crippen molar-refractivity contribution < 1.29 is 14.0 Å². The number of carbonyl (C=O) groups is 2. The van der Waals surface area contributed by atoms with Crippen LogP contribution in [0.15, 0.2) is 42.5 Å². The number of amides is 2. The highest BCUT2D eigenvalue weighted by Crippen LogP contribution is 2.28. The van der Waals surface area contributed by atoms with Crippen LogP contribution in [-0.2, 0) is 4.79 Å². The molecule has 0 unspecified atom stereocenters. The van der Waals surface area contributed by atoms with E-state index in [4.69, 9.17) is 5.73 Å². The van der Waals surface area contributed by atoms with Crippen LogP contribution in [-0.4, -0.2) is 16.8 Å². The summed E-state index contributed by atoms with van der Waals surface area (Å²) in [5.74, 6) is -1.36. The van der Waals surface area contributed by atoms with Gasteiger partial charge in [-0.25, -0.2) is 9.37 Å². The Kier molecular flexibility index (Phi) is 4.19. The van der Waals surface area contributed by atoms with Crippen molar-refractivity contribution >= 4 is 28.4 Å². The van der Waals surface area contributed by atoms with E-state index in [-0.39, 0.29) is 11.6 Å². The first-order valence-electron chi connectivity index (χ1n) is 7.64. The van der Waals surface area contributed by atoms with Crippen molar-refractivity contribution in [1.82, 2.24) is 4.98 Å². The molecule has 0 aliphatic carbocycles. The Hall–Kier alpha value is -3.28. The number of fused-ring (bicyclic) bond motifs is 1. The number of rotatable bonds is 3.